The van der Waals surface area contributed by atoms with Gasteiger partial charge in [0.15, 0.2) is 0 Å². The highest BCUT2D eigenvalue weighted by Crippen LogP contribution is 2.27. The summed E-state index contributed by atoms with van der Waals surface area (Å²) < 4.78 is 5.63. The molecule has 2 unspecified atom stereocenters. The molecule has 150 valence electrons. The van der Waals surface area contributed by atoms with E-state index in [4.69, 9.17) is 4.74 Å². The van der Waals surface area contributed by atoms with E-state index in [0.29, 0.717) is 6.42 Å². The van der Waals surface area contributed by atoms with Crippen LogP contribution in [0.1, 0.15) is 31.7 Å². The Morgan fingerprint density at radius 1 is 0.929 bits per heavy atom. The second kappa shape index (κ2) is 9.21. The van der Waals surface area contributed by atoms with Crippen LogP contribution in [0.15, 0.2) is 53.0 Å². The molecule has 7 nitrogen and oxygen atoms in total. The van der Waals surface area contributed by atoms with Crippen LogP contribution in [0.2, 0.25) is 0 Å². The molecule has 2 atom stereocenters. The Kier molecular flexibility index (Phi) is 6.98. The molecule has 1 aliphatic carbocycles. The summed E-state index contributed by atoms with van der Waals surface area (Å²) in [6.07, 6.45) is -0.322. The van der Waals surface area contributed by atoms with E-state index in [1.165, 1.54) is 0 Å². The monoisotopic (exact) mass is 385 g/mol. The van der Waals surface area contributed by atoms with Crippen molar-refractivity contribution in [3.05, 3.63) is 58.6 Å². The van der Waals surface area contributed by atoms with E-state index >= 15 is 0 Å². The summed E-state index contributed by atoms with van der Waals surface area (Å²) in [5, 5.41) is 8.32. The van der Waals surface area contributed by atoms with Crippen molar-refractivity contribution in [3.63, 3.8) is 0 Å². The van der Waals surface area contributed by atoms with E-state index in [0.717, 1.165) is 5.56 Å². The predicted molar refractivity (Wildman–Crippen MR) is 106 cm³/mol. The Hall–Kier alpha value is -3.09. The molecule has 2 rings (SSSR count). The van der Waals surface area contributed by atoms with Crippen LogP contribution >= 0.6 is 0 Å². The molecule has 0 heterocycles. The average molecular weight is 385 g/mol. The van der Waals surface area contributed by atoms with Gasteiger partial charge in [0.2, 0.25) is 11.6 Å². The van der Waals surface area contributed by atoms with Crippen molar-refractivity contribution in [2.24, 2.45) is 0 Å². The quantitative estimate of drug-likeness (QED) is 0.460. The largest absolute Gasteiger partial charge is 0.457 e. The van der Waals surface area contributed by atoms with Crippen LogP contribution in [0.3, 0.4) is 0 Å². The number of carbonyl (C=O) groups excluding carboxylic acids is 3. The van der Waals surface area contributed by atoms with E-state index in [2.05, 4.69) is 16.0 Å². The zero-order chi connectivity index (χ0) is 20.8. The van der Waals surface area contributed by atoms with Crippen molar-refractivity contribution >= 4 is 17.5 Å². The van der Waals surface area contributed by atoms with Crippen molar-refractivity contribution < 1.29 is 19.1 Å². The summed E-state index contributed by atoms with van der Waals surface area (Å²) >= 11 is 0. The molecule has 0 radical (unpaired) electrons. The molecule has 0 spiro atoms. The normalized spacial score (nSPS) is 16.6. The Morgan fingerprint density at radius 3 is 1.96 bits per heavy atom. The van der Waals surface area contributed by atoms with Crippen LogP contribution in [0, 0.1) is 0 Å². The van der Waals surface area contributed by atoms with E-state index in [1.54, 1.807) is 28.1 Å². The molecule has 0 bridgehead atoms. The van der Waals surface area contributed by atoms with Gasteiger partial charge in [0, 0.05) is 21.1 Å². The highest BCUT2D eigenvalue weighted by molar-refractivity contribution is 6.24. The first kappa shape index (κ1) is 21.2. The van der Waals surface area contributed by atoms with Gasteiger partial charge in [-0.05, 0) is 18.9 Å². The van der Waals surface area contributed by atoms with Gasteiger partial charge < -0.3 is 20.7 Å². The number of nitrogens with one attached hydrogen (secondary N) is 3. The number of rotatable bonds is 8. The summed E-state index contributed by atoms with van der Waals surface area (Å²) in [5.41, 5.74) is 1.44. The predicted octanol–water partition coefficient (Wildman–Crippen LogP) is 1.39. The number of esters is 1. The molecule has 0 saturated heterocycles. The zero-order valence-electron chi connectivity index (χ0n) is 16.9. The summed E-state index contributed by atoms with van der Waals surface area (Å²) in [6, 6.07) is 9.35. The standard InChI is InChI=1S/C21H27N3O4/c1-6-14(13-10-8-7-9-11-13)21(27)28-12(2)15-16(22-3)20(26)18(24-5)17(23-4)19(15)25/h7-12,14,22-24H,6H2,1-5H3. The topological polar surface area (TPSA) is 96.5 Å². The molecule has 0 fully saturated rings. The minimum Gasteiger partial charge on any atom is -0.457 e. The van der Waals surface area contributed by atoms with Gasteiger partial charge in [-0.3, -0.25) is 14.4 Å². The number of carbonyl (C=O) groups is 3. The highest BCUT2D eigenvalue weighted by atomic mass is 16.5. The van der Waals surface area contributed by atoms with Gasteiger partial charge in [-0.15, -0.1) is 0 Å². The lowest BCUT2D eigenvalue weighted by Crippen LogP contribution is -2.41. The molecule has 0 aliphatic heterocycles. The van der Waals surface area contributed by atoms with E-state index in [1.807, 2.05) is 37.3 Å². The number of ether oxygens (including phenoxy) is 1. The van der Waals surface area contributed by atoms with Crippen LogP contribution in [0.5, 0.6) is 0 Å². The smallest absolute Gasteiger partial charge is 0.314 e. The maximum atomic E-state index is 13.0. The lowest BCUT2D eigenvalue weighted by molar-refractivity contribution is -0.149. The van der Waals surface area contributed by atoms with Crippen LogP contribution in [0.4, 0.5) is 0 Å². The van der Waals surface area contributed by atoms with Gasteiger partial charge in [-0.25, -0.2) is 0 Å². The number of benzene rings is 1. The first-order valence-electron chi connectivity index (χ1n) is 9.27. The molecule has 3 N–H and O–H groups in total. The molecular formula is C21H27N3O4. The maximum absolute atomic E-state index is 13.0. The van der Waals surface area contributed by atoms with Gasteiger partial charge in [0.05, 0.1) is 17.2 Å². The fourth-order valence-corrected chi connectivity index (χ4v) is 3.37. The first-order valence-corrected chi connectivity index (χ1v) is 9.27. The molecule has 1 aliphatic rings. The number of allylic oxidation sites excluding steroid dienone is 1. The number of ketones is 2. The Balaban J connectivity index is 2.33. The van der Waals surface area contributed by atoms with Crippen LogP contribution in [0.25, 0.3) is 0 Å². The van der Waals surface area contributed by atoms with Crippen molar-refractivity contribution in [3.8, 4) is 0 Å². The molecule has 0 saturated carbocycles. The Bertz CT molecular complexity index is 827. The summed E-state index contributed by atoms with van der Waals surface area (Å²) in [7, 11) is 4.70. The molecule has 0 amide bonds. The second-order valence-electron chi connectivity index (χ2n) is 6.40. The van der Waals surface area contributed by atoms with Gasteiger partial charge in [-0.2, -0.15) is 0 Å². The van der Waals surface area contributed by atoms with Crippen molar-refractivity contribution in [2.75, 3.05) is 21.1 Å². The van der Waals surface area contributed by atoms with Gasteiger partial charge in [0.25, 0.3) is 0 Å². The number of hydrogen-bond donors (Lipinski definition) is 3. The SMILES string of the molecule is CCC(C(=O)OC(C)C1=C(NC)C(=O)C(NC)=C(NC)C1=O)c1ccccc1. The minimum absolute atomic E-state index is 0.126. The van der Waals surface area contributed by atoms with E-state index in [-0.39, 0.29) is 34.2 Å². The minimum atomic E-state index is -0.883. The third-order valence-corrected chi connectivity index (χ3v) is 4.79. The van der Waals surface area contributed by atoms with E-state index < -0.39 is 18.0 Å². The summed E-state index contributed by atoms with van der Waals surface area (Å²) in [5.74, 6) is -1.62. The van der Waals surface area contributed by atoms with Crippen molar-refractivity contribution in [2.45, 2.75) is 32.3 Å². The fraction of sp³-hybridized carbons (Fsp3) is 0.381. The van der Waals surface area contributed by atoms with Crippen LogP contribution in [-0.2, 0) is 19.1 Å². The lowest BCUT2D eigenvalue weighted by Gasteiger charge is -2.27. The zero-order valence-corrected chi connectivity index (χ0v) is 16.9. The average Bonchev–Trinajstić information content (AvgIpc) is 2.69. The van der Waals surface area contributed by atoms with Crippen molar-refractivity contribution in [1.29, 1.82) is 0 Å². The third kappa shape index (κ3) is 3.93. The van der Waals surface area contributed by atoms with Crippen LogP contribution < -0.4 is 16.0 Å². The maximum Gasteiger partial charge on any atom is 0.314 e. The fourth-order valence-electron chi connectivity index (χ4n) is 3.37. The number of hydrogen-bond acceptors (Lipinski definition) is 7. The molecular weight excluding hydrogens is 358 g/mol. The highest BCUT2D eigenvalue weighted by Gasteiger charge is 2.38. The third-order valence-electron chi connectivity index (χ3n) is 4.79. The molecule has 28 heavy (non-hydrogen) atoms. The van der Waals surface area contributed by atoms with Crippen LogP contribution in [-0.4, -0.2) is 44.8 Å². The van der Waals surface area contributed by atoms with Gasteiger partial charge >= 0.3 is 5.97 Å². The number of likely N-dealkylation sites (N-methyl/N-ethyl adjacent to an activating group) is 3. The van der Waals surface area contributed by atoms with Gasteiger partial charge in [-0.1, -0.05) is 37.3 Å². The molecule has 1 aromatic rings. The van der Waals surface area contributed by atoms with E-state index in [9.17, 15) is 14.4 Å². The summed E-state index contributed by atoms with van der Waals surface area (Å²) in [6.45, 7) is 3.50. The first-order chi connectivity index (χ1) is 13.4. The van der Waals surface area contributed by atoms with Gasteiger partial charge in [0.1, 0.15) is 17.5 Å². The summed E-state index contributed by atoms with van der Waals surface area (Å²) in [4.78, 5) is 38.5. The van der Waals surface area contributed by atoms with Crippen molar-refractivity contribution in [1.82, 2.24) is 16.0 Å². The Labute approximate surface area is 165 Å². The Morgan fingerprint density at radius 2 is 1.46 bits per heavy atom. The number of Topliss-reactive ketones (excluding diaryl/α,β-unsaturated/α-hetero) is 2. The molecule has 7 heteroatoms. The molecule has 1 aromatic carbocycles. The lowest BCUT2D eigenvalue weighted by atomic mass is 9.91. The molecule has 0 aromatic heterocycles. The second-order valence-corrected chi connectivity index (χ2v) is 6.40.